The Labute approximate surface area is 216 Å². The molecule has 2 aliphatic rings. The van der Waals surface area contributed by atoms with E-state index in [1.54, 1.807) is 6.92 Å². The normalized spacial score (nSPS) is 28.1. The van der Waals surface area contributed by atoms with Crippen molar-refractivity contribution in [2.75, 3.05) is 19.7 Å². The summed E-state index contributed by atoms with van der Waals surface area (Å²) in [4.78, 5) is 28.1. The summed E-state index contributed by atoms with van der Waals surface area (Å²) in [6.07, 6.45) is 0.628. The van der Waals surface area contributed by atoms with Gasteiger partial charge in [0, 0.05) is 29.1 Å². The molecule has 0 saturated carbocycles. The Morgan fingerprint density at radius 1 is 1.20 bits per heavy atom. The SMILES string of the molecule is CC[C@H]([C@H]1CNCCO1)N1C(=O)[C@@](C)(CC(=O)O)C[C@H](c2cccc(Cl)c2)[C@H]1c1ccc(Cl)cc1. The van der Waals surface area contributed by atoms with Crippen LogP contribution in [0.4, 0.5) is 0 Å². The van der Waals surface area contributed by atoms with Crippen LogP contribution in [0, 0.1) is 5.41 Å². The number of ether oxygens (including phenoxy) is 1. The molecule has 2 saturated heterocycles. The summed E-state index contributed by atoms with van der Waals surface area (Å²) in [5.41, 5.74) is 0.855. The Bertz CT molecular complexity index is 1060. The van der Waals surface area contributed by atoms with Gasteiger partial charge in [-0.25, -0.2) is 0 Å². The Kier molecular flexibility index (Phi) is 8.06. The molecule has 0 aliphatic carbocycles. The lowest BCUT2D eigenvalue weighted by Gasteiger charge is -2.53. The Balaban J connectivity index is 1.89. The maximum atomic E-state index is 14.3. The fraction of sp³-hybridized carbons (Fsp3) is 0.481. The third-order valence-electron chi connectivity index (χ3n) is 7.29. The molecular weight excluding hydrogens is 487 g/mol. The minimum absolute atomic E-state index is 0.154. The van der Waals surface area contributed by atoms with Crippen LogP contribution in [0.25, 0.3) is 0 Å². The van der Waals surface area contributed by atoms with Crippen LogP contribution in [0.15, 0.2) is 48.5 Å². The number of nitrogens with one attached hydrogen (secondary N) is 1. The van der Waals surface area contributed by atoms with Gasteiger partial charge in [0.15, 0.2) is 0 Å². The molecule has 0 radical (unpaired) electrons. The third kappa shape index (κ3) is 5.51. The first-order valence-electron chi connectivity index (χ1n) is 12.1. The molecule has 2 aromatic carbocycles. The minimum atomic E-state index is -1.07. The van der Waals surface area contributed by atoms with E-state index in [-0.39, 0.29) is 36.4 Å². The van der Waals surface area contributed by atoms with E-state index in [0.29, 0.717) is 36.0 Å². The van der Waals surface area contributed by atoms with Crippen LogP contribution in [-0.2, 0) is 14.3 Å². The maximum absolute atomic E-state index is 14.3. The van der Waals surface area contributed by atoms with Crippen molar-refractivity contribution < 1.29 is 19.4 Å². The molecule has 0 spiro atoms. The molecule has 2 aromatic rings. The third-order valence-corrected chi connectivity index (χ3v) is 7.78. The second-order valence-corrected chi connectivity index (χ2v) is 10.7. The highest BCUT2D eigenvalue weighted by atomic mass is 35.5. The number of nitrogens with zero attached hydrogens (tertiary/aromatic N) is 1. The summed E-state index contributed by atoms with van der Waals surface area (Å²) in [6, 6.07) is 14.7. The predicted molar refractivity (Wildman–Crippen MR) is 137 cm³/mol. The lowest BCUT2D eigenvalue weighted by Crippen LogP contribution is -2.61. The zero-order valence-electron chi connectivity index (χ0n) is 20.0. The zero-order chi connectivity index (χ0) is 25.2. The Hall–Kier alpha value is -2.12. The summed E-state index contributed by atoms with van der Waals surface area (Å²) in [7, 11) is 0. The number of carbonyl (C=O) groups excluding carboxylic acids is 1. The highest BCUT2D eigenvalue weighted by molar-refractivity contribution is 6.30. The van der Waals surface area contributed by atoms with Crippen molar-refractivity contribution >= 4 is 35.1 Å². The van der Waals surface area contributed by atoms with Crippen molar-refractivity contribution in [3.05, 3.63) is 69.7 Å². The summed E-state index contributed by atoms with van der Waals surface area (Å²) < 4.78 is 6.13. The largest absolute Gasteiger partial charge is 0.481 e. The molecule has 8 heteroatoms. The fourth-order valence-electron chi connectivity index (χ4n) is 5.72. The number of halogens is 2. The quantitative estimate of drug-likeness (QED) is 0.519. The van der Waals surface area contributed by atoms with Crippen molar-refractivity contribution in [2.45, 2.75) is 57.2 Å². The first-order chi connectivity index (χ1) is 16.7. The van der Waals surface area contributed by atoms with Crippen LogP contribution < -0.4 is 5.32 Å². The minimum Gasteiger partial charge on any atom is -0.481 e. The number of likely N-dealkylation sites (tertiary alicyclic amines) is 1. The number of piperidine rings is 1. The molecule has 2 heterocycles. The average Bonchev–Trinajstić information content (AvgIpc) is 2.83. The molecule has 2 fully saturated rings. The van der Waals surface area contributed by atoms with Crippen LogP contribution in [-0.4, -0.2) is 53.7 Å². The van der Waals surface area contributed by atoms with Crippen molar-refractivity contribution in [3.63, 3.8) is 0 Å². The molecule has 6 nitrogen and oxygen atoms in total. The van der Waals surface area contributed by atoms with Gasteiger partial charge in [0.1, 0.15) is 0 Å². The molecule has 35 heavy (non-hydrogen) atoms. The number of carboxylic acids is 1. The first kappa shape index (κ1) is 26.0. The lowest BCUT2D eigenvalue weighted by molar-refractivity contribution is -0.165. The molecule has 0 aromatic heterocycles. The summed E-state index contributed by atoms with van der Waals surface area (Å²) >= 11 is 12.6. The number of carbonyl (C=O) groups is 2. The summed E-state index contributed by atoms with van der Waals surface area (Å²) in [5.74, 6) is -1.30. The van der Waals surface area contributed by atoms with Gasteiger partial charge in [-0.3, -0.25) is 9.59 Å². The van der Waals surface area contributed by atoms with E-state index in [1.165, 1.54) is 0 Å². The number of morpholine rings is 1. The van der Waals surface area contributed by atoms with Crippen LogP contribution in [0.2, 0.25) is 10.0 Å². The van der Waals surface area contributed by atoms with Crippen LogP contribution in [0.5, 0.6) is 0 Å². The zero-order valence-corrected chi connectivity index (χ0v) is 21.6. The number of aliphatic carboxylic acids is 1. The van der Waals surface area contributed by atoms with Gasteiger partial charge in [-0.2, -0.15) is 0 Å². The number of carboxylic acid groups (broad SMARTS) is 1. The van der Waals surface area contributed by atoms with Gasteiger partial charge in [-0.05, 0) is 48.2 Å². The molecular formula is C27H32Cl2N2O4. The lowest BCUT2D eigenvalue weighted by atomic mass is 9.66. The maximum Gasteiger partial charge on any atom is 0.304 e. The molecule has 0 unspecified atom stereocenters. The van der Waals surface area contributed by atoms with Gasteiger partial charge in [-0.1, -0.05) is 61.3 Å². The average molecular weight is 519 g/mol. The van der Waals surface area contributed by atoms with E-state index in [9.17, 15) is 14.7 Å². The summed E-state index contributed by atoms with van der Waals surface area (Å²) in [5, 5.41) is 14.3. The van der Waals surface area contributed by atoms with Crippen molar-refractivity contribution in [2.24, 2.45) is 5.41 Å². The van der Waals surface area contributed by atoms with Gasteiger partial charge in [0.05, 0.1) is 36.6 Å². The first-order valence-corrected chi connectivity index (χ1v) is 12.9. The smallest absolute Gasteiger partial charge is 0.304 e. The van der Waals surface area contributed by atoms with E-state index < -0.39 is 11.4 Å². The summed E-state index contributed by atoms with van der Waals surface area (Å²) in [6.45, 7) is 5.79. The van der Waals surface area contributed by atoms with E-state index in [0.717, 1.165) is 17.7 Å². The number of benzene rings is 2. The van der Waals surface area contributed by atoms with Gasteiger partial charge in [-0.15, -0.1) is 0 Å². The number of hydrogen-bond acceptors (Lipinski definition) is 4. The molecule has 2 aliphatic heterocycles. The number of rotatable bonds is 7. The molecule has 5 atom stereocenters. The van der Waals surface area contributed by atoms with E-state index in [2.05, 4.69) is 5.32 Å². The van der Waals surface area contributed by atoms with E-state index >= 15 is 0 Å². The standard InChI is InChI=1S/C27H32Cl2N2O4/c1-3-22(23-16-30-11-12-35-23)31-25(17-7-9-19(28)10-8-17)21(18-5-4-6-20(29)13-18)14-27(2,26(31)34)15-24(32)33/h4-10,13,21-23,25,30H,3,11-12,14-16H2,1-2H3,(H,32,33)/t21-,22-,23-,25-,27-/m1/s1. The van der Waals surface area contributed by atoms with Gasteiger partial charge < -0.3 is 20.1 Å². The fourth-order valence-corrected chi connectivity index (χ4v) is 6.04. The van der Waals surface area contributed by atoms with Gasteiger partial charge >= 0.3 is 5.97 Å². The number of amides is 1. The molecule has 2 N–H and O–H groups in total. The van der Waals surface area contributed by atoms with Crippen LogP contribution >= 0.6 is 23.2 Å². The predicted octanol–water partition coefficient (Wildman–Crippen LogP) is 5.30. The van der Waals surface area contributed by atoms with E-state index in [4.69, 9.17) is 27.9 Å². The molecule has 188 valence electrons. The van der Waals surface area contributed by atoms with E-state index in [1.807, 2.05) is 60.4 Å². The van der Waals surface area contributed by atoms with Crippen molar-refractivity contribution in [3.8, 4) is 0 Å². The van der Waals surface area contributed by atoms with Crippen LogP contribution in [0.3, 0.4) is 0 Å². The highest BCUT2D eigenvalue weighted by Crippen LogP contribution is 2.52. The molecule has 1 amide bonds. The topological polar surface area (TPSA) is 78.9 Å². The highest BCUT2D eigenvalue weighted by Gasteiger charge is 2.53. The van der Waals surface area contributed by atoms with Crippen molar-refractivity contribution in [1.82, 2.24) is 10.2 Å². The second kappa shape index (κ2) is 10.9. The van der Waals surface area contributed by atoms with Crippen molar-refractivity contribution in [1.29, 1.82) is 0 Å². The Morgan fingerprint density at radius 3 is 2.54 bits per heavy atom. The van der Waals surface area contributed by atoms with Gasteiger partial charge in [0.25, 0.3) is 0 Å². The Morgan fingerprint density at radius 2 is 1.94 bits per heavy atom. The van der Waals surface area contributed by atoms with Crippen LogP contribution in [0.1, 0.15) is 56.2 Å². The monoisotopic (exact) mass is 518 g/mol. The second-order valence-electron chi connectivity index (χ2n) is 9.79. The molecule has 4 rings (SSSR count). The molecule has 0 bridgehead atoms. The van der Waals surface area contributed by atoms with Gasteiger partial charge in [0.2, 0.25) is 5.91 Å². The number of hydrogen-bond donors (Lipinski definition) is 2.